The predicted octanol–water partition coefficient (Wildman–Crippen LogP) is 4.31. The van der Waals surface area contributed by atoms with Crippen LogP contribution in [0.15, 0.2) is 64.5 Å². The van der Waals surface area contributed by atoms with Crippen LogP contribution in [0.3, 0.4) is 0 Å². The van der Waals surface area contributed by atoms with Crippen molar-refractivity contribution in [2.24, 2.45) is 0 Å². The smallest absolute Gasteiger partial charge is 0.283 e. The van der Waals surface area contributed by atoms with Crippen molar-refractivity contribution >= 4 is 28.7 Å². The fraction of sp³-hybridized carbons (Fsp3) is 0.240. The summed E-state index contributed by atoms with van der Waals surface area (Å²) in [5, 5.41) is 3.48. The van der Waals surface area contributed by atoms with Crippen LogP contribution in [0.1, 0.15) is 29.8 Å². The summed E-state index contributed by atoms with van der Waals surface area (Å²) in [5.74, 6) is 0.719. The van der Waals surface area contributed by atoms with Crippen LogP contribution in [-0.4, -0.2) is 33.3 Å². The highest BCUT2D eigenvalue weighted by Crippen LogP contribution is 2.23. The molecule has 0 radical (unpaired) electrons. The second kappa shape index (κ2) is 9.54. The molecule has 0 saturated heterocycles. The van der Waals surface area contributed by atoms with Crippen molar-refractivity contribution in [1.29, 1.82) is 0 Å². The number of rotatable bonds is 7. The third-order valence-electron chi connectivity index (χ3n) is 5.35. The Kier molecular flexibility index (Phi) is 6.55. The number of benzene rings is 2. The Bertz CT molecular complexity index is 1360. The van der Waals surface area contributed by atoms with Crippen LogP contribution in [0.25, 0.3) is 16.7 Å². The maximum Gasteiger partial charge on any atom is 0.283 e. The molecule has 0 aliphatic heterocycles. The molecule has 0 fully saturated rings. The Balaban J connectivity index is 1.58. The first kappa shape index (κ1) is 22.7. The Morgan fingerprint density at radius 2 is 1.94 bits per heavy atom. The number of aromatic nitrogens is 3. The minimum atomic E-state index is -0.190. The second-order valence-corrected chi connectivity index (χ2v) is 8.88. The zero-order valence-corrected chi connectivity index (χ0v) is 19.8. The quantitative estimate of drug-likeness (QED) is 0.316. The molecule has 33 heavy (non-hydrogen) atoms. The fourth-order valence-corrected chi connectivity index (χ4v) is 4.43. The van der Waals surface area contributed by atoms with Crippen LogP contribution in [0.2, 0.25) is 0 Å². The maximum absolute atomic E-state index is 13.3. The van der Waals surface area contributed by atoms with E-state index in [2.05, 4.69) is 15.3 Å². The molecule has 2 N–H and O–H groups in total. The van der Waals surface area contributed by atoms with Crippen LogP contribution in [0, 0.1) is 13.8 Å². The monoisotopic (exact) mass is 462 g/mol. The van der Waals surface area contributed by atoms with Crippen LogP contribution in [-0.2, 0) is 4.79 Å². The largest absolute Gasteiger partial charge is 0.497 e. The number of nitrogens with one attached hydrogen (secondary N) is 2. The van der Waals surface area contributed by atoms with Gasteiger partial charge in [-0.25, -0.2) is 4.98 Å². The average Bonchev–Trinajstić information content (AvgIpc) is 3.19. The van der Waals surface area contributed by atoms with Gasteiger partial charge in [0, 0.05) is 5.69 Å². The van der Waals surface area contributed by atoms with Gasteiger partial charge in [-0.05, 0) is 56.7 Å². The van der Waals surface area contributed by atoms with E-state index in [-0.39, 0.29) is 23.3 Å². The van der Waals surface area contributed by atoms with E-state index >= 15 is 0 Å². The van der Waals surface area contributed by atoms with Gasteiger partial charge in [0.2, 0.25) is 5.91 Å². The summed E-state index contributed by atoms with van der Waals surface area (Å²) in [4.78, 5) is 33.8. The molecule has 7 nitrogen and oxygen atoms in total. The van der Waals surface area contributed by atoms with Crippen molar-refractivity contribution in [1.82, 2.24) is 19.9 Å². The van der Waals surface area contributed by atoms with Crippen molar-refractivity contribution in [2.75, 3.05) is 12.9 Å². The van der Waals surface area contributed by atoms with Crippen molar-refractivity contribution in [3.63, 3.8) is 0 Å². The molecule has 0 aliphatic rings. The summed E-state index contributed by atoms with van der Waals surface area (Å²) >= 11 is 1.24. The van der Waals surface area contributed by atoms with Gasteiger partial charge in [-0.1, -0.05) is 41.6 Å². The lowest BCUT2D eigenvalue weighted by molar-refractivity contribution is -0.119. The summed E-state index contributed by atoms with van der Waals surface area (Å²) in [7, 11) is 1.61. The van der Waals surface area contributed by atoms with Crippen molar-refractivity contribution in [3.8, 4) is 11.4 Å². The minimum Gasteiger partial charge on any atom is -0.497 e. The van der Waals surface area contributed by atoms with Crippen molar-refractivity contribution < 1.29 is 9.53 Å². The van der Waals surface area contributed by atoms with Gasteiger partial charge in [0.15, 0.2) is 5.16 Å². The van der Waals surface area contributed by atoms with E-state index in [0.717, 1.165) is 22.6 Å². The first-order valence-electron chi connectivity index (χ1n) is 10.6. The van der Waals surface area contributed by atoms with E-state index in [0.29, 0.717) is 21.9 Å². The van der Waals surface area contributed by atoms with Gasteiger partial charge in [-0.15, -0.1) is 0 Å². The first-order chi connectivity index (χ1) is 15.9. The van der Waals surface area contributed by atoms with Gasteiger partial charge in [-0.2, -0.15) is 0 Å². The van der Waals surface area contributed by atoms with Gasteiger partial charge in [0.1, 0.15) is 11.3 Å². The normalized spacial score (nSPS) is 12.0. The summed E-state index contributed by atoms with van der Waals surface area (Å²) in [6.07, 6.45) is 0. The van der Waals surface area contributed by atoms with Crippen LogP contribution in [0.5, 0.6) is 5.75 Å². The highest BCUT2D eigenvalue weighted by Gasteiger charge is 2.17. The lowest BCUT2D eigenvalue weighted by Gasteiger charge is -2.16. The number of H-pyrrole nitrogens is 1. The number of ether oxygens (including phenoxy) is 1. The minimum absolute atomic E-state index is 0.127. The Labute approximate surface area is 196 Å². The van der Waals surface area contributed by atoms with E-state index in [9.17, 15) is 9.59 Å². The summed E-state index contributed by atoms with van der Waals surface area (Å²) in [5.41, 5.74) is 4.46. The number of nitrogens with zero attached hydrogens (tertiary/aromatic N) is 2. The SMILES string of the molecule is COc1cccc([C@H](C)NC(=O)CSc2nc3cc(C)[nH]c3c(=O)n2-c2ccc(C)cc2)c1. The molecule has 0 spiro atoms. The molecule has 2 heterocycles. The maximum atomic E-state index is 13.3. The molecule has 0 saturated carbocycles. The van der Waals surface area contributed by atoms with E-state index in [1.165, 1.54) is 11.8 Å². The molecule has 4 aromatic rings. The molecule has 0 bridgehead atoms. The lowest BCUT2D eigenvalue weighted by atomic mass is 10.1. The molecule has 1 atom stereocenters. The van der Waals surface area contributed by atoms with Crippen LogP contribution < -0.4 is 15.6 Å². The van der Waals surface area contributed by atoms with Crippen LogP contribution >= 0.6 is 11.8 Å². The molecule has 8 heteroatoms. The Morgan fingerprint density at radius 3 is 2.67 bits per heavy atom. The molecule has 0 aliphatic carbocycles. The van der Waals surface area contributed by atoms with E-state index in [1.54, 1.807) is 11.7 Å². The van der Waals surface area contributed by atoms with Gasteiger partial charge in [0.05, 0.1) is 30.1 Å². The number of fused-ring (bicyclic) bond motifs is 1. The number of aromatic amines is 1. The van der Waals surface area contributed by atoms with Gasteiger partial charge in [-0.3, -0.25) is 14.2 Å². The van der Waals surface area contributed by atoms with Gasteiger partial charge in [0.25, 0.3) is 5.56 Å². The highest BCUT2D eigenvalue weighted by atomic mass is 32.2. The van der Waals surface area contributed by atoms with Crippen LogP contribution in [0.4, 0.5) is 0 Å². The third kappa shape index (κ3) is 4.96. The number of amides is 1. The molecule has 2 aromatic heterocycles. The number of hydrogen-bond acceptors (Lipinski definition) is 5. The van der Waals surface area contributed by atoms with E-state index in [4.69, 9.17) is 4.74 Å². The predicted molar refractivity (Wildman–Crippen MR) is 131 cm³/mol. The lowest BCUT2D eigenvalue weighted by Crippen LogP contribution is -2.29. The molecule has 4 rings (SSSR count). The number of hydrogen-bond donors (Lipinski definition) is 2. The summed E-state index contributed by atoms with van der Waals surface area (Å²) in [6.45, 7) is 5.80. The van der Waals surface area contributed by atoms with Gasteiger partial charge >= 0.3 is 0 Å². The standard InChI is InChI=1S/C25H26N4O3S/c1-15-8-10-19(11-9-15)29-24(31)23-21(12-16(2)26-23)28-25(29)33-14-22(30)27-17(3)18-6-5-7-20(13-18)32-4/h5-13,17,26H,14H2,1-4H3,(H,27,30)/t17-/m0/s1. The fourth-order valence-electron chi connectivity index (χ4n) is 3.60. The Morgan fingerprint density at radius 1 is 1.18 bits per heavy atom. The average molecular weight is 463 g/mol. The molecule has 0 unspecified atom stereocenters. The second-order valence-electron chi connectivity index (χ2n) is 7.94. The number of methoxy groups -OCH3 is 1. The molecule has 2 aromatic carbocycles. The highest BCUT2D eigenvalue weighted by molar-refractivity contribution is 7.99. The first-order valence-corrected chi connectivity index (χ1v) is 11.6. The zero-order valence-electron chi connectivity index (χ0n) is 19.0. The summed E-state index contributed by atoms with van der Waals surface area (Å²) < 4.78 is 6.82. The van der Waals surface area contributed by atoms with Crippen molar-refractivity contribution in [2.45, 2.75) is 32.0 Å². The number of aryl methyl sites for hydroxylation is 2. The molecule has 1 amide bonds. The number of carbonyl (C=O) groups is 1. The zero-order chi connectivity index (χ0) is 23.5. The van der Waals surface area contributed by atoms with Gasteiger partial charge < -0.3 is 15.0 Å². The molecular weight excluding hydrogens is 436 g/mol. The van der Waals surface area contributed by atoms with Crippen molar-refractivity contribution in [3.05, 3.63) is 81.8 Å². The summed E-state index contributed by atoms with van der Waals surface area (Å²) in [6, 6.07) is 16.9. The molecular formula is C25H26N4O3S. The van der Waals surface area contributed by atoms with E-state index in [1.807, 2.05) is 75.4 Å². The topological polar surface area (TPSA) is 89.0 Å². The Hall–Kier alpha value is -3.52. The van der Waals surface area contributed by atoms with E-state index < -0.39 is 0 Å². The number of thioether (sulfide) groups is 1. The third-order valence-corrected chi connectivity index (χ3v) is 6.29. The molecule has 170 valence electrons. The number of carbonyl (C=O) groups excluding carboxylic acids is 1.